The van der Waals surface area contributed by atoms with Crippen molar-refractivity contribution >= 4 is 11.6 Å². The Morgan fingerprint density at radius 1 is 1.11 bits per heavy atom. The Kier molecular flexibility index (Phi) is 5.51. The van der Waals surface area contributed by atoms with E-state index in [9.17, 15) is 4.79 Å². The quantitative estimate of drug-likeness (QED) is 0.662. The summed E-state index contributed by atoms with van der Waals surface area (Å²) in [6.07, 6.45) is 8.23. The molecule has 0 saturated heterocycles. The number of nitrogens with one attached hydrogen (secondary N) is 1. The minimum Gasteiger partial charge on any atom is -0.322 e. The topological polar surface area (TPSA) is 59.8 Å². The number of benzene rings is 2. The van der Waals surface area contributed by atoms with Gasteiger partial charge in [0.15, 0.2) is 5.82 Å². The second-order valence-electron chi connectivity index (χ2n) is 7.43. The Balaban J connectivity index is 1.47. The summed E-state index contributed by atoms with van der Waals surface area (Å²) in [5, 5.41) is 11.2. The van der Waals surface area contributed by atoms with Crippen LogP contribution in [0.1, 0.15) is 60.9 Å². The van der Waals surface area contributed by atoms with Gasteiger partial charge in [-0.15, -0.1) is 10.2 Å². The summed E-state index contributed by atoms with van der Waals surface area (Å²) >= 11 is 0. The highest BCUT2D eigenvalue weighted by Gasteiger charge is 2.16. The summed E-state index contributed by atoms with van der Waals surface area (Å²) in [5.41, 5.74) is 3.73. The first-order chi connectivity index (χ1) is 13.7. The molecule has 1 aliphatic rings. The third kappa shape index (κ3) is 3.98. The maximum absolute atomic E-state index is 12.7. The lowest BCUT2D eigenvalue weighted by Gasteiger charge is -2.22. The highest BCUT2D eigenvalue weighted by molar-refractivity contribution is 6.04. The van der Waals surface area contributed by atoms with Crippen LogP contribution >= 0.6 is 0 Å². The Hall–Kier alpha value is -2.95. The van der Waals surface area contributed by atoms with Gasteiger partial charge in [-0.05, 0) is 55.5 Å². The zero-order valence-corrected chi connectivity index (χ0v) is 16.3. The number of carbonyl (C=O) groups excluding carboxylic acids is 1. The van der Waals surface area contributed by atoms with Crippen LogP contribution in [0.25, 0.3) is 11.4 Å². The van der Waals surface area contributed by atoms with Gasteiger partial charge in [0.25, 0.3) is 5.91 Å². The maximum atomic E-state index is 12.7. The highest BCUT2D eigenvalue weighted by Crippen LogP contribution is 2.32. The van der Waals surface area contributed by atoms with Gasteiger partial charge >= 0.3 is 0 Å². The van der Waals surface area contributed by atoms with Gasteiger partial charge in [-0.25, -0.2) is 0 Å². The van der Waals surface area contributed by atoms with E-state index in [2.05, 4.69) is 34.6 Å². The van der Waals surface area contributed by atoms with Crippen LogP contribution in [0.3, 0.4) is 0 Å². The first-order valence-corrected chi connectivity index (χ1v) is 10.1. The van der Waals surface area contributed by atoms with Gasteiger partial charge < -0.3 is 9.88 Å². The second-order valence-corrected chi connectivity index (χ2v) is 7.43. The van der Waals surface area contributed by atoms with E-state index in [4.69, 9.17) is 0 Å². The molecule has 1 amide bonds. The SMILES string of the molecule is CCn1cnnc1-c1cccc(NC(=O)c2ccc(C3CCCCC3)cc2)c1. The Labute approximate surface area is 165 Å². The molecule has 5 heteroatoms. The molecule has 0 unspecified atom stereocenters. The molecule has 2 aromatic carbocycles. The van der Waals surface area contributed by atoms with Crippen molar-refractivity contribution in [2.75, 3.05) is 5.32 Å². The standard InChI is InChI=1S/C23H26N4O/c1-2-27-16-24-26-22(27)20-9-6-10-21(15-20)25-23(28)19-13-11-18(12-14-19)17-7-4-3-5-8-17/h6,9-17H,2-5,7-8H2,1H3,(H,25,28). The van der Waals surface area contributed by atoms with Crippen LogP contribution in [0.15, 0.2) is 54.9 Å². The van der Waals surface area contributed by atoms with E-state index in [-0.39, 0.29) is 5.91 Å². The average Bonchev–Trinajstić information content (AvgIpc) is 3.24. The van der Waals surface area contributed by atoms with Gasteiger partial charge in [-0.2, -0.15) is 0 Å². The van der Waals surface area contributed by atoms with Crippen LogP contribution in [0.2, 0.25) is 0 Å². The molecule has 3 aromatic rings. The number of anilines is 1. The molecule has 0 aliphatic heterocycles. The number of carbonyl (C=O) groups is 1. The highest BCUT2D eigenvalue weighted by atomic mass is 16.1. The lowest BCUT2D eigenvalue weighted by atomic mass is 9.84. The predicted molar refractivity (Wildman–Crippen MR) is 111 cm³/mol. The summed E-state index contributed by atoms with van der Waals surface area (Å²) in [7, 11) is 0. The number of amides is 1. The molecular formula is C23H26N4O. The van der Waals surface area contributed by atoms with E-state index in [1.54, 1.807) is 6.33 Å². The zero-order valence-electron chi connectivity index (χ0n) is 16.3. The van der Waals surface area contributed by atoms with E-state index in [1.807, 2.05) is 41.0 Å². The van der Waals surface area contributed by atoms with Crippen LogP contribution in [0, 0.1) is 0 Å². The molecule has 144 valence electrons. The van der Waals surface area contributed by atoms with Crippen LogP contribution in [0.5, 0.6) is 0 Å². The maximum Gasteiger partial charge on any atom is 0.255 e. The van der Waals surface area contributed by atoms with E-state index in [0.29, 0.717) is 11.5 Å². The molecule has 5 nitrogen and oxygen atoms in total. The third-order valence-corrected chi connectivity index (χ3v) is 5.58. The molecular weight excluding hydrogens is 348 g/mol. The first-order valence-electron chi connectivity index (χ1n) is 10.1. The Morgan fingerprint density at radius 3 is 2.64 bits per heavy atom. The van der Waals surface area contributed by atoms with E-state index in [1.165, 1.54) is 37.7 Å². The van der Waals surface area contributed by atoms with Gasteiger partial charge in [-0.1, -0.05) is 43.5 Å². The fraction of sp³-hybridized carbons (Fsp3) is 0.348. The van der Waals surface area contributed by atoms with Crippen molar-refractivity contribution in [1.29, 1.82) is 0 Å². The minimum atomic E-state index is -0.0932. The molecule has 0 spiro atoms. The fourth-order valence-corrected chi connectivity index (χ4v) is 3.99. The number of aromatic nitrogens is 3. The molecule has 4 rings (SSSR count). The minimum absolute atomic E-state index is 0.0932. The van der Waals surface area contributed by atoms with Crippen molar-refractivity contribution in [3.05, 3.63) is 66.0 Å². The van der Waals surface area contributed by atoms with Crippen molar-refractivity contribution in [1.82, 2.24) is 14.8 Å². The van der Waals surface area contributed by atoms with Crippen LogP contribution in [-0.2, 0) is 6.54 Å². The van der Waals surface area contributed by atoms with Crippen LogP contribution in [-0.4, -0.2) is 20.7 Å². The van der Waals surface area contributed by atoms with Gasteiger partial charge in [0.2, 0.25) is 0 Å². The summed E-state index contributed by atoms with van der Waals surface area (Å²) in [5.74, 6) is 1.36. The fourth-order valence-electron chi connectivity index (χ4n) is 3.99. The summed E-state index contributed by atoms with van der Waals surface area (Å²) in [6, 6.07) is 15.8. The summed E-state index contributed by atoms with van der Waals surface area (Å²) in [4.78, 5) is 12.7. The van der Waals surface area contributed by atoms with Crippen molar-refractivity contribution < 1.29 is 4.79 Å². The Bertz CT molecular complexity index is 939. The second kappa shape index (κ2) is 8.38. The number of nitrogens with zero attached hydrogens (tertiary/aromatic N) is 3. The van der Waals surface area contributed by atoms with Crippen LogP contribution < -0.4 is 5.32 Å². The summed E-state index contributed by atoms with van der Waals surface area (Å²) < 4.78 is 1.98. The lowest BCUT2D eigenvalue weighted by Crippen LogP contribution is -2.12. The normalized spacial score (nSPS) is 14.8. The van der Waals surface area contributed by atoms with Crippen molar-refractivity contribution in [3.8, 4) is 11.4 Å². The van der Waals surface area contributed by atoms with E-state index < -0.39 is 0 Å². The molecule has 28 heavy (non-hydrogen) atoms. The molecule has 1 aliphatic carbocycles. The monoisotopic (exact) mass is 374 g/mol. The van der Waals surface area contributed by atoms with Crippen molar-refractivity contribution in [3.63, 3.8) is 0 Å². The van der Waals surface area contributed by atoms with Crippen molar-refractivity contribution in [2.45, 2.75) is 51.5 Å². The van der Waals surface area contributed by atoms with Crippen molar-refractivity contribution in [2.24, 2.45) is 0 Å². The number of hydrogen-bond acceptors (Lipinski definition) is 3. The average molecular weight is 374 g/mol. The molecule has 0 atom stereocenters. The van der Waals surface area contributed by atoms with Gasteiger partial charge in [0.05, 0.1) is 0 Å². The lowest BCUT2D eigenvalue weighted by molar-refractivity contribution is 0.102. The molecule has 1 saturated carbocycles. The molecule has 0 bridgehead atoms. The van der Waals surface area contributed by atoms with Crippen LogP contribution in [0.4, 0.5) is 5.69 Å². The molecule has 1 aromatic heterocycles. The third-order valence-electron chi connectivity index (χ3n) is 5.58. The smallest absolute Gasteiger partial charge is 0.255 e. The predicted octanol–water partition coefficient (Wildman–Crippen LogP) is 5.27. The van der Waals surface area contributed by atoms with E-state index in [0.717, 1.165) is 23.6 Å². The Morgan fingerprint density at radius 2 is 1.89 bits per heavy atom. The van der Waals surface area contributed by atoms with Gasteiger partial charge in [0, 0.05) is 23.4 Å². The number of hydrogen-bond donors (Lipinski definition) is 1. The number of aryl methyl sites for hydroxylation is 1. The zero-order chi connectivity index (χ0) is 19.3. The van der Waals surface area contributed by atoms with E-state index >= 15 is 0 Å². The molecule has 1 N–H and O–H groups in total. The molecule has 1 heterocycles. The molecule has 1 fully saturated rings. The molecule has 0 radical (unpaired) electrons. The summed E-state index contributed by atoms with van der Waals surface area (Å²) in [6.45, 7) is 2.85. The van der Waals surface area contributed by atoms with Gasteiger partial charge in [-0.3, -0.25) is 4.79 Å². The largest absolute Gasteiger partial charge is 0.322 e. The first kappa shape index (κ1) is 18.4. The number of rotatable bonds is 5. The van der Waals surface area contributed by atoms with Gasteiger partial charge in [0.1, 0.15) is 6.33 Å².